The van der Waals surface area contributed by atoms with Crippen molar-refractivity contribution in [1.82, 2.24) is 9.80 Å². The number of hydrogen-bond donors (Lipinski definition) is 0. The van der Waals surface area contributed by atoms with E-state index in [2.05, 4.69) is 84.3 Å². The molecule has 2 atom stereocenters. The maximum absolute atomic E-state index is 7.22. The molecule has 8 heteroatoms. The van der Waals surface area contributed by atoms with Gasteiger partial charge in [-0.15, -0.1) is 0 Å². The van der Waals surface area contributed by atoms with Crippen LogP contribution in [-0.2, 0) is 25.7 Å². The van der Waals surface area contributed by atoms with Crippen LogP contribution in [-0.4, -0.2) is 65.4 Å². The van der Waals surface area contributed by atoms with Gasteiger partial charge in [0.2, 0.25) is 5.75 Å². The summed E-state index contributed by atoms with van der Waals surface area (Å²) in [6.45, 7) is 1.81. The van der Waals surface area contributed by atoms with Gasteiger partial charge < -0.3 is 28.4 Å². The van der Waals surface area contributed by atoms with E-state index in [1.165, 1.54) is 42.4 Å². The average Bonchev–Trinajstić information content (AvgIpc) is 3.71. The molecule has 1 fully saturated rings. The highest BCUT2D eigenvalue weighted by Gasteiger charge is 2.37. The van der Waals surface area contributed by atoms with E-state index in [1.807, 2.05) is 6.07 Å². The van der Waals surface area contributed by atoms with Gasteiger partial charge in [0.05, 0.1) is 34.0 Å². The Bertz CT molecular complexity index is 2080. The lowest BCUT2D eigenvalue weighted by Crippen LogP contribution is -2.34. The van der Waals surface area contributed by atoms with E-state index < -0.39 is 0 Å². The number of ether oxygens (including phenoxy) is 6. The summed E-state index contributed by atoms with van der Waals surface area (Å²) in [5.41, 5.74) is 7.97. The molecule has 4 aromatic carbocycles. The smallest absolute Gasteiger partial charge is 0.205 e. The summed E-state index contributed by atoms with van der Waals surface area (Å²) in [4.78, 5) is 4.85. The summed E-state index contributed by atoms with van der Waals surface area (Å²) in [7, 11) is 11.2. The van der Waals surface area contributed by atoms with Gasteiger partial charge >= 0.3 is 0 Å². The lowest BCUT2D eigenvalue weighted by Gasteiger charge is -2.38. The first-order chi connectivity index (χ1) is 26.4. The molecule has 6 bridgehead atoms. The maximum Gasteiger partial charge on any atom is 0.205 e. The van der Waals surface area contributed by atoms with E-state index in [1.54, 1.807) is 28.4 Å². The number of rotatable bonds is 5. The van der Waals surface area contributed by atoms with Gasteiger partial charge in [-0.25, -0.2) is 0 Å². The summed E-state index contributed by atoms with van der Waals surface area (Å²) in [5.74, 6) is 13.2. The third-order valence-electron chi connectivity index (χ3n) is 12.1. The highest BCUT2D eigenvalue weighted by atomic mass is 16.5. The number of methoxy groups -OCH3 is 4. The molecule has 1 saturated carbocycles. The quantitative estimate of drug-likeness (QED) is 0.189. The lowest BCUT2D eigenvalue weighted by molar-refractivity contribution is 0.220. The average molecular weight is 729 g/mol. The summed E-state index contributed by atoms with van der Waals surface area (Å²) < 4.78 is 38.2. The van der Waals surface area contributed by atoms with E-state index in [0.29, 0.717) is 52.6 Å². The third kappa shape index (κ3) is 6.85. The van der Waals surface area contributed by atoms with E-state index >= 15 is 0 Å². The third-order valence-corrected chi connectivity index (χ3v) is 12.1. The van der Waals surface area contributed by atoms with Crippen LogP contribution < -0.4 is 28.4 Å². The molecule has 4 aromatic rings. The molecule has 9 rings (SSSR count). The van der Waals surface area contributed by atoms with Gasteiger partial charge in [-0.2, -0.15) is 0 Å². The molecule has 8 nitrogen and oxygen atoms in total. The van der Waals surface area contributed by atoms with Crippen molar-refractivity contribution in [3.63, 3.8) is 0 Å². The fourth-order valence-corrected chi connectivity index (χ4v) is 9.04. The van der Waals surface area contributed by atoms with Crippen molar-refractivity contribution in [3.8, 4) is 57.8 Å². The maximum atomic E-state index is 7.22. The number of nitrogens with zero attached hydrogens (tertiary/aromatic N) is 2. The zero-order chi connectivity index (χ0) is 37.3. The molecular formula is C46H52N2O6. The molecule has 0 unspecified atom stereocenters. The van der Waals surface area contributed by atoms with Crippen LogP contribution in [0.4, 0.5) is 0 Å². The molecule has 5 aliphatic rings. The van der Waals surface area contributed by atoms with E-state index in [0.717, 1.165) is 66.8 Å². The predicted molar refractivity (Wildman–Crippen MR) is 211 cm³/mol. The molecule has 0 aromatic heterocycles. The topological polar surface area (TPSA) is 61.9 Å². The molecule has 282 valence electrons. The first-order valence-corrected chi connectivity index (χ1v) is 19.4. The standard InChI is InChI=1S/C46H52N2O6/c1-47-22-20-32-27-40(50-4)42-28-36(32)37(47)24-30-14-17-33(18-15-30)53-41-26-31(16-19-39(41)49-3)25-38-43-34(21-23-48(38)2)35(13-9-12-29-10-7-8-11-29)44(51-5)46(52-6)45(43)54-42/h14-19,26-29,37-38H,7-8,10-12,20-25H2,1-6H3/t37-,38-/m0/s1. The molecule has 0 spiro atoms. The van der Waals surface area contributed by atoms with Crippen LogP contribution in [0.3, 0.4) is 0 Å². The van der Waals surface area contributed by atoms with Gasteiger partial charge in [-0.1, -0.05) is 42.9 Å². The molecule has 0 saturated heterocycles. The summed E-state index contributed by atoms with van der Waals surface area (Å²) in [5, 5.41) is 0. The highest BCUT2D eigenvalue weighted by molar-refractivity contribution is 5.71. The molecule has 54 heavy (non-hydrogen) atoms. The van der Waals surface area contributed by atoms with Crippen LogP contribution in [0.25, 0.3) is 0 Å². The fourth-order valence-electron chi connectivity index (χ4n) is 9.04. The first kappa shape index (κ1) is 36.2. The predicted octanol–water partition coefficient (Wildman–Crippen LogP) is 9.09. The number of likely N-dealkylation sites (N-methyl/N-ethyl adjacent to an activating group) is 2. The van der Waals surface area contributed by atoms with Gasteiger partial charge in [0.1, 0.15) is 5.75 Å². The number of fused-ring (bicyclic) bond motifs is 2. The van der Waals surface area contributed by atoms with Gasteiger partial charge in [0.15, 0.2) is 34.5 Å². The normalized spacial score (nSPS) is 19.7. The zero-order valence-corrected chi connectivity index (χ0v) is 32.6. The van der Waals surface area contributed by atoms with Gasteiger partial charge in [0, 0.05) is 37.2 Å². The van der Waals surface area contributed by atoms with Gasteiger partial charge in [-0.05, 0) is 123 Å². The minimum Gasteiger partial charge on any atom is -0.493 e. The van der Waals surface area contributed by atoms with Crippen molar-refractivity contribution < 1.29 is 28.4 Å². The molecule has 0 amide bonds. The Labute approximate surface area is 320 Å². The van der Waals surface area contributed by atoms with Gasteiger partial charge in [-0.3, -0.25) is 9.80 Å². The van der Waals surface area contributed by atoms with Crippen LogP contribution in [0, 0.1) is 17.8 Å². The molecule has 0 radical (unpaired) electrons. The van der Waals surface area contributed by atoms with Crippen LogP contribution >= 0.6 is 0 Å². The monoisotopic (exact) mass is 728 g/mol. The Morgan fingerprint density at radius 2 is 1.39 bits per heavy atom. The zero-order valence-electron chi connectivity index (χ0n) is 32.6. The van der Waals surface area contributed by atoms with Crippen LogP contribution in [0.2, 0.25) is 0 Å². The second kappa shape index (κ2) is 15.5. The van der Waals surface area contributed by atoms with E-state index in [9.17, 15) is 0 Å². The Kier molecular flexibility index (Phi) is 10.4. The first-order valence-electron chi connectivity index (χ1n) is 19.4. The fraction of sp³-hybridized carbons (Fsp3) is 0.435. The van der Waals surface area contributed by atoms with Gasteiger partial charge in [0.25, 0.3) is 0 Å². The SMILES string of the molecule is COc1ccc2cc1Oc1ccc(cc1)C[C@H]1c3cc(c(OC)cc3CCN1C)Oc1c(OC)c(OC)c(C#CCC3CCCC3)c3c1[C@H](C2)N(C)CC3. The van der Waals surface area contributed by atoms with E-state index in [-0.39, 0.29) is 12.1 Å². The van der Waals surface area contributed by atoms with Crippen molar-refractivity contribution in [2.45, 2.75) is 69.9 Å². The molecule has 4 aliphatic heterocycles. The number of benzene rings is 4. The Morgan fingerprint density at radius 1 is 0.704 bits per heavy atom. The van der Waals surface area contributed by atoms with Crippen LogP contribution in [0.15, 0.2) is 54.6 Å². The molecule has 4 heterocycles. The second-order valence-corrected chi connectivity index (χ2v) is 15.3. The number of hydrogen-bond acceptors (Lipinski definition) is 8. The van der Waals surface area contributed by atoms with Crippen molar-refractivity contribution in [2.75, 3.05) is 55.6 Å². The largest absolute Gasteiger partial charge is 0.493 e. The summed E-state index contributed by atoms with van der Waals surface area (Å²) in [6, 6.07) is 19.1. The Balaban J connectivity index is 1.36. The highest BCUT2D eigenvalue weighted by Crippen LogP contribution is 2.53. The molecule has 0 N–H and O–H groups in total. The summed E-state index contributed by atoms with van der Waals surface area (Å²) in [6.07, 6.45) is 9.25. The molecule has 1 aliphatic carbocycles. The Hall–Kier alpha value is -4.84. The second-order valence-electron chi connectivity index (χ2n) is 15.3. The van der Waals surface area contributed by atoms with Crippen LogP contribution in [0.1, 0.15) is 83.1 Å². The Morgan fingerprint density at radius 3 is 2.13 bits per heavy atom. The van der Waals surface area contributed by atoms with Crippen molar-refractivity contribution in [1.29, 1.82) is 0 Å². The minimum atomic E-state index is -0.0687. The minimum absolute atomic E-state index is 0.0687. The van der Waals surface area contributed by atoms with Crippen LogP contribution in [0.5, 0.6) is 46.0 Å². The lowest BCUT2D eigenvalue weighted by atomic mass is 9.84. The molecular weight excluding hydrogens is 677 g/mol. The van der Waals surface area contributed by atoms with E-state index in [4.69, 9.17) is 28.4 Å². The van der Waals surface area contributed by atoms with Crippen molar-refractivity contribution >= 4 is 0 Å². The summed E-state index contributed by atoms with van der Waals surface area (Å²) >= 11 is 0. The van der Waals surface area contributed by atoms with Crippen molar-refractivity contribution in [3.05, 3.63) is 93.5 Å². The van der Waals surface area contributed by atoms with Crippen molar-refractivity contribution in [2.24, 2.45) is 5.92 Å².